The summed E-state index contributed by atoms with van der Waals surface area (Å²) in [5.41, 5.74) is 2.08. The van der Waals surface area contributed by atoms with Crippen LogP contribution in [0.4, 0.5) is 5.82 Å². The molecular weight excluding hydrogens is 302 g/mol. The van der Waals surface area contributed by atoms with Gasteiger partial charge in [-0.15, -0.1) is 0 Å². The van der Waals surface area contributed by atoms with Crippen molar-refractivity contribution < 1.29 is 9.59 Å². The first-order chi connectivity index (χ1) is 11.6. The summed E-state index contributed by atoms with van der Waals surface area (Å²) < 4.78 is 0. The van der Waals surface area contributed by atoms with E-state index in [2.05, 4.69) is 22.5 Å². The van der Waals surface area contributed by atoms with Gasteiger partial charge in [0.05, 0.1) is 0 Å². The molecule has 0 spiro atoms. The van der Waals surface area contributed by atoms with Crippen LogP contribution in [-0.2, 0) is 9.59 Å². The highest BCUT2D eigenvalue weighted by Gasteiger charge is 2.38. The molecule has 0 radical (unpaired) electrons. The van der Waals surface area contributed by atoms with Crippen molar-refractivity contribution in [1.82, 2.24) is 10.3 Å². The zero-order valence-corrected chi connectivity index (χ0v) is 13.7. The van der Waals surface area contributed by atoms with Crippen molar-refractivity contribution in [3.05, 3.63) is 48.7 Å². The second-order valence-electron chi connectivity index (χ2n) is 6.21. The summed E-state index contributed by atoms with van der Waals surface area (Å²) in [5.74, 6) is 1.04. The third-order valence-corrected chi connectivity index (χ3v) is 4.24. The molecule has 24 heavy (non-hydrogen) atoms. The molecule has 2 amide bonds. The molecule has 1 aliphatic rings. The van der Waals surface area contributed by atoms with Crippen LogP contribution in [0.3, 0.4) is 0 Å². The molecule has 2 atom stereocenters. The van der Waals surface area contributed by atoms with E-state index in [0.29, 0.717) is 18.3 Å². The maximum atomic E-state index is 11.9. The Morgan fingerprint density at radius 1 is 1.12 bits per heavy atom. The van der Waals surface area contributed by atoms with Crippen molar-refractivity contribution in [3.8, 4) is 11.1 Å². The van der Waals surface area contributed by atoms with Crippen LogP contribution in [-0.4, -0.2) is 23.3 Å². The van der Waals surface area contributed by atoms with Crippen LogP contribution in [0.2, 0.25) is 0 Å². The maximum Gasteiger partial charge on any atom is 0.227 e. The molecule has 0 bridgehead atoms. The summed E-state index contributed by atoms with van der Waals surface area (Å²) >= 11 is 0. The van der Waals surface area contributed by atoms with E-state index in [9.17, 15) is 9.59 Å². The number of carbonyl (C=O) groups is 2. The standard InChI is InChI=1S/C19H21N3O2/c1-13-11-16(13)19(24)20-10-9-18(23)22-17-8-7-15(12-21-17)14-5-3-2-4-6-14/h2-8,12-13,16H,9-11H2,1H3,(H,20,24)(H,21,22,23)/t13-,16-/m0/s1. The monoisotopic (exact) mass is 323 g/mol. The van der Waals surface area contributed by atoms with Crippen LogP contribution in [0.25, 0.3) is 11.1 Å². The number of amides is 2. The van der Waals surface area contributed by atoms with Crippen LogP contribution >= 0.6 is 0 Å². The zero-order valence-electron chi connectivity index (χ0n) is 13.7. The lowest BCUT2D eigenvalue weighted by Crippen LogP contribution is -2.29. The van der Waals surface area contributed by atoms with E-state index in [1.54, 1.807) is 12.3 Å². The molecule has 1 heterocycles. The summed E-state index contributed by atoms with van der Waals surface area (Å²) in [4.78, 5) is 27.8. The largest absolute Gasteiger partial charge is 0.355 e. The molecule has 2 N–H and O–H groups in total. The normalized spacial score (nSPS) is 18.7. The number of aromatic nitrogens is 1. The molecule has 2 aromatic rings. The van der Waals surface area contributed by atoms with E-state index in [-0.39, 0.29) is 24.2 Å². The van der Waals surface area contributed by atoms with Gasteiger partial charge in [0.25, 0.3) is 0 Å². The summed E-state index contributed by atoms with van der Waals surface area (Å²) in [7, 11) is 0. The number of nitrogens with one attached hydrogen (secondary N) is 2. The summed E-state index contributed by atoms with van der Waals surface area (Å²) in [5, 5.41) is 5.55. The van der Waals surface area contributed by atoms with E-state index >= 15 is 0 Å². The van der Waals surface area contributed by atoms with E-state index < -0.39 is 0 Å². The van der Waals surface area contributed by atoms with Crippen LogP contribution in [0.5, 0.6) is 0 Å². The fraction of sp³-hybridized carbons (Fsp3) is 0.316. The Morgan fingerprint density at radius 2 is 1.88 bits per heavy atom. The highest BCUT2D eigenvalue weighted by molar-refractivity contribution is 5.90. The third kappa shape index (κ3) is 4.19. The first-order valence-electron chi connectivity index (χ1n) is 8.22. The number of pyridine rings is 1. The van der Waals surface area contributed by atoms with E-state index in [0.717, 1.165) is 17.5 Å². The highest BCUT2D eigenvalue weighted by atomic mass is 16.2. The highest BCUT2D eigenvalue weighted by Crippen LogP contribution is 2.37. The Labute approximate surface area is 141 Å². The third-order valence-electron chi connectivity index (χ3n) is 4.24. The first-order valence-corrected chi connectivity index (χ1v) is 8.22. The molecule has 5 heteroatoms. The Hall–Kier alpha value is -2.69. The minimum absolute atomic E-state index is 0.0561. The Balaban J connectivity index is 1.45. The number of nitrogens with zero attached hydrogens (tertiary/aromatic N) is 1. The Kier molecular flexibility index (Phi) is 4.89. The molecule has 5 nitrogen and oxygen atoms in total. The Bertz CT molecular complexity index is 713. The molecule has 1 fully saturated rings. The molecule has 0 saturated heterocycles. The lowest BCUT2D eigenvalue weighted by atomic mass is 10.1. The van der Waals surface area contributed by atoms with Gasteiger partial charge in [0.2, 0.25) is 11.8 Å². The molecule has 3 rings (SSSR count). The zero-order chi connectivity index (χ0) is 16.9. The van der Waals surface area contributed by atoms with Gasteiger partial charge in [-0.05, 0) is 30.0 Å². The number of anilines is 1. The number of carbonyl (C=O) groups excluding carboxylic acids is 2. The smallest absolute Gasteiger partial charge is 0.227 e. The summed E-state index contributed by atoms with van der Waals surface area (Å²) in [6.07, 6.45) is 2.94. The predicted molar refractivity (Wildman–Crippen MR) is 93.2 cm³/mol. The van der Waals surface area contributed by atoms with Crippen molar-refractivity contribution in [1.29, 1.82) is 0 Å². The van der Waals surface area contributed by atoms with E-state index in [1.165, 1.54) is 0 Å². The first kappa shape index (κ1) is 16.2. The van der Waals surface area contributed by atoms with Crippen LogP contribution < -0.4 is 10.6 Å². The number of rotatable bonds is 6. The van der Waals surface area contributed by atoms with E-state index in [4.69, 9.17) is 0 Å². The fourth-order valence-corrected chi connectivity index (χ4v) is 2.59. The van der Waals surface area contributed by atoms with Gasteiger partial charge in [-0.1, -0.05) is 37.3 Å². The maximum absolute atomic E-state index is 11.9. The van der Waals surface area contributed by atoms with Crippen LogP contribution in [0.15, 0.2) is 48.7 Å². The number of hydrogen-bond donors (Lipinski definition) is 2. The van der Waals surface area contributed by atoms with Crippen molar-refractivity contribution in [2.75, 3.05) is 11.9 Å². The van der Waals surface area contributed by atoms with Gasteiger partial charge in [-0.25, -0.2) is 4.98 Å². The molecule has 1 aliphatic carbocycles. The molecular formula is C19H21N3O2. The molecule has 0 unspecified atom stereocenters. The predicted octanol–water partition coefficient (Wildman–Crippen LogP) is 2.85. The summed E-state index contributed by atoms with van der Waals surface area (Å²) in [6, 6.07) is 13.6. The van der Waals surface area contributed by atoms with Gasteiger partial charge in [-0.3, -0.25) is 9.59 Å². The lowest BCUT2D eigenvalue weighted by Gasteiger charge is -2.07. The number of hydrogen-bond acceptors (Lipinski definition) is 3. The SMILES string of the molecule is C[C@H]1C[C@@H]1C(=O)NCCC(=O)Nc1ccc(-c2ccccc2)cn1. The van der Waals surface area contributed by atoms with Gasteiger partial charge >= 0.3 is 0 Å². The Morgan fingerprint density at radius 3 is 2.50 bits per heavy atom. The van der Waals surface area contributed by atoms with Crippen molar-refractivity contribution in [2.45, 2.75) is 19.8 Å². The van der Waals surface area contributed by atoms with Crippen LogP contribution in [0, 0.1) is 11.8 Å². The quantitative estimate of drug-likeness (QED) is 0.859. The second kappa shape index (κ2) is 7.25. The topological polar surface area (TPSA) is 71.1 Å². The molecule has 1 aromatic carbocycles. The van der Waals surface area contributed by atoms with Crippen LogP contribution in [0.1, 0.15) is 19.8 Å². The van der Waals surface area contributed by atoms with Gasteiger partial charge in [-0.2, -0.15) is 0 Å². The summed E-state index contributed by atoms with van der Waals surface area (Å²) in [6.45, 7) is 2.41. The molecule has 1 saturated carbocycles. The molecule has 124 valence electrons. The fourth-order valence-electron chi connectivity index (χ4n) is 2.59. The second-order valence-corrected chi connectivity index (χ2v) is 6.21. The molecule has 0 aliphatic heterocycles. The minimum atomic E-state index is -0.154. The lowest BCUT2D eigenvalue weighted by molar-refractivity contribution is -0.122. The number of benzene rings is 1. The van der Waals surface area contributed by atoms with Gasteiger partial charge in [0.1, 0.15) is 5.82 Å². The van der Waals surface area contributed by atoms with Crippen molar-refractivity contribution in [2.24, 2.45) is 11.8 Å². The van der Waals surface area contributed by atoms with Crippen molar-refractivity contribution >= 4 is 17.6 Å². The van der Waals surface area contributed by atoms with Gasteiger partial charge in [0.15, 0.2) is 0 Å². The van der Waals surface area contributed by atoms with Gasteiger partial charge < -0.3 is 10.6 Å². The van der Waals surface area contributed by atoms with Gasteiger partial charge in [0, 0.05) is 30.6 Å². The van der Waals surface area contributed by atoms with E-state index in [1.807, 2.05) is 36.4 Å². The molecule has 1 aromatic heterocycles. The minimum Gasteiger partial charge on any atom is -0.355 e. The average molecular weight is 323 g/mol. The van der Waals surface area contributed by atoms with Crippen molar-refractivity contribution in [3.63, 3.8) is 0 Å². The average Bonchev–Trinajstić information content (AvgIpc) is 3.33.